The number of nitrogens with zero attached hydrogens (tertiary/aromatic N) is 1. The summed E-state index contributed by atoms with van der Waals surface area (Å²) in [5.74, 6) is 1.17. The monoisotopic (exact) mass is 379 g/mol. The van der Waals surface area contributed by atoms with E-state index >= 15 is 0 Å². The molecule has 0 radical (unpaired) electrons. The number of halogens is 2. The number of hydrogen-bond acceptors (Lipinski definition) is 1. The molecule has 0 aliphatic rings. The normalized spacial score (nSPS) is 14.6. The molecular weight excluding hydrogens is 349 g/mol. The molecule has 0 saturated carbocycles. The van der Waals surface area contributed by atoms with Crippen molar-refractivity contribution in [3.63, 3.8) is 0 Å². The second-order valence-electron chi connectivity index (χ2n) is 7.18. The summed E-state index contributed by atoms with van der Waals surface area (Å²) in [6, 6.07) is 8.37. The molecule has 0 aliphatic carbocycles. The van der Waals surface area contributed by atoms with E-state index in [4.69, 9.17) is 23.2 Å². The minimum Gasteiger partial charge on any atom is -0.292 e. The van der Waals surface area contributed by atoms with E-state index in [-0.39, 0.29) is 6.04 Å². The molecule has 25 heavy (non-hydrogen) atoms. The minimum atomic E-state index is 0.172. The van der Waals surface area contributed by atoms with Crippen LogP contribution in [0.1, 0.15) is 46.2 Å². The molecule has 0 bridgehead atoms. The zero-order valence-electron chi connectivity index (χ0n) is 16.0. The third-order valence-electron chi connectivity index (χ3n) is 3.79. The van der Waals surface area contributed by atoms with E-state index in [1.54, 1.807) is 5.54 Å². The van der Waals surface area contributed by atoms with Gasteiger partial charge in [-0.1, -0.05) is 87.3 Å². The molecule has 1 aromatic rings. The van der Waals surface area contributed by atoms with E-state index < -0.39 is 0 Å². The van der Waals surface area contributed by atoms with Crippen molar-refractivity contribution in [1.29, 1.82) is 0 Å². The van der Waals surface area contributed by atoms with Crippen LogP contribution in [0.25, 0.3) is 0 Å². The van der Waals surface area contributed by atoms with Crippen LogP contribution in [-0.2, 0) is 0 Å². The summed E-state index contributed by atoms with van der Waals surface area (Å²) in [6.07, 6.45) is 8.24. The predicted molar refractivity (Wildman–Crippen MR) is 113 cm³/mol. The summed E-state index contributed by atoms with van der Waals surface area (Å²) in [7, 11) is 0. The average molecular weight is 380 g/mol. The van der Waals surface area contributed by atoms with E-state index in [2.05, 4.69) is 63.0 Å². The largest absolute Gasteiger partial charge is 0.292 e. The minimum absolute atomic E-state index is 0.172. The van der Waals surface area contributed by atoms with Gasteiger partial charge in [0.05, 0.1) is 6.04 Å². The van der Waals surface area contributed by atoms with E-state index in [1.807, 2.05) is 25.1 Å². The fourth-order valence-corrected chi connectivity index (χ4v) is 3.26. The molecule has 1 rings (SSSR count). The summed E-state index contributed by atoms with van der Waals surface area (Å²) < 4.78 is 0. The zero-order chi connectivity index (χ0) is 18.8. The summed E-state index contributed by atoms with van der Waals surface area (Å²) in [4.78, 5) is 2.56. The Labute approximate surface area is 164 Å². The van der Waals surface area contributed by atoms with Crippen molar-refractivity contribution in [2.45, 2.75) is 40.7 Å². The maximum atomic E-state index is 6.12. The highest BCUT2D eigenvalue weighted by molar-refractivity contribution is 6.30. The van der Waals surface area contributed by atoms with Crippen molar-refractivity contribution >= 4 is 23.2 Å². The Hall–Kier alpha value is -1.02. The van der Waals surface area contributed by atoms with Crippen LogP contribution in [0, 0.1) is 11.8 Å². The topological polar surface area (TPSA) is 3.24 Å². The predicted octanol–water partition coefficient (Wildman–Crippen LogP) is 7.25. The van der Waals surface area contributed by atoms with Gasteiger partial charge in [-0.2, -0.15) is 0 Å². The number of benzene rings is 1. The molecule has 138 valence electrons. The number of hydrogen-bond donors (Lipinski definition) is 0. The molecule has 0 amide bonds. The van der Waals surface area contributed by atoms with Gasteiger partial charge in [0.2, 0.25) is 0 Å². The lowest BCUT2D eigenvalue weighted by atomic mass is 9.94. The number of allylic oxidation sites excluding steroid dienone is 3. The SMILES string of the molecule is C\C=C/C(=C\C=C\Cl)C(c1ccc(Cl)cc1)N(CC(C)C)CC(C)C. The first-order chi connectivity index (χ1) is 11.9. The molecule has 1 atom stereocenters. The molecule has 0 N–H and O–H groups in total. The molecule has 1 unspecified atom stereocenters. The Morgan fingerprint density at radius 1 is 1.04 bits per heavy atom. The van der Waals surface area contributed by atoms with Crippen molar-refractivity contribution in [2.24, 2.45) is 11.8 Å². The highest BCUT2D eigenvalue weighted by Gasteiger charge is 2.24. The Morgan fingerprint density at radius 2 is 1.60 bits per heavy atom. The Morgan fingerprint density at radius 3 is 2.04 bits per heavy atom. The van der Waals surface area contributed by atoms with Crippen molar-refractivity contribution in [1.82, 2.24) is 4.90 Å². The molecular formula is C22H31Cl2N. The van der Waals surface area contributed by atoms with Crippen LogP contribution in [0.15, 0.2) is 59.7 Å². The maximum Gasteiger partial charge on any atom is 0.0601 e. The van der Waals surface area contributed by atoms with E-state index in [0.717, 1.165) is 18.1 Å². The summed E-state index contributed by atoms with van der Waals surface area (Å²) >= 11 is 11.9. The van der Waals surface area contributed by atoms with Gasteiger partial charge >= 0.3 is 0 Å². The quantitative estimate of drug-likeness (QED) is 0.408. The smallest absolute Gasteiger partial charge is 0.0601 e. The molecule has 3 heteroatoms. The van der Waals surface area contributed by atoms with Crippen LogP contribution in [-0.4, -0.2) is 18.0 Å². The second-order valence-corrected chi connectivity index (χ2v) is 7.87. The second kappa shape index (κ2) is 11.6. The summed E-state index contributed by atoms with van der Waals surface area (Å²) in [6.45, 7) is 13.2. The fraction of sp³-hybridized carbons (Fsp3) is 0.455. The molecule has 0 spiro atoms. The summed E-state index contributed by atoms with van der Waals surface area (Å²) in [5, 5.41) is 0.763. The van der Waals surface area contributed by atoms with E-state index in [9.17, 15) is 0 Å². The lowest BCUT2D eigenvalue weighted by Gasteiger charge is -2.35. The van der Waals surface area contributed by atoms with Gasteiger partial charge in [-0.15, -0.1) is 0 Å². The zero-order valence-corrected chi connectivity index (χ0v) is 17.6. The van der Waals surface area contributed by atoms with E-state index in [0.29, 0.717) is 11.8 Å². The van der Waals surface area contributed by atoms with Gasteiger partial charge in [-0.3, -0.25) is 4.90 Å². The molecule has 0 aromatic heterocycles. The Kier molecular flexibility index (Phi) is 10.2. The molecule has 1 nitrogen and oxygen atoms in total. The van der Waals surface area contributed by atoms with Gasteiger partial charge in [0.15, 0.2) is 0 Å². The van der Waals surface area contributed by atoms with Crippen molar-refractivity contribution in [3.05, 3.63) is 70.3 Å². The average Bonchev–Trinajstić information content (AvgIpc) is 2.53. The standard InChI is InChI=1S/C22H31Cl2N/c1-6-8-19(9-7-14-23)22(20-10-12-21(24)13-11-20)25(15-17(2)3)16-18(4)5/h6-14,17-18,22H,15-16H2,1-5H3/b8-6-,14-7+,19-9+. The Balaban J connectivity index is 3.43. The Bertz CT molecular complexity index is 573. The fourth-order valence-electron chi connectivity index (χ4n) is 3.06. The van der Waals surface area contributed by atoms with Crippen molar-refractivity contribution in [3.8, 4) is 0 Å². The molecule has 0 aliphatic heterocycles. The van der Waals surface area contributed by atoms with Crippen LogP contribution in [0.5, 0.6) is 0 Å². The van der Waals surface area contributed by atoms with Crippen LogP contribution in [0.2, 0.25) is 5.02 Å². The first-order valence-electron chi connectivity index (χ1n) is 8.98. The highest BCUT2D eigenvalue weighted by Crippen LogP contribution is 2.32. The first-order valence-corrected chi connectivity index (χ1v) is 9.79. The van der Waals surface area contributed by atoms with Crippen molar-refractivity contribution in [2.75, 3.05) is 13.1 Å². The van der Waals surface area contributed by atoms with Gasteiger partial charge in [0.25, 0.3) is 0 Å². The molecule has 0 fully saturated rings. The summed E-state index contributed by atoms with van der Waals surface area (Å²) in [5.41, 5.74) is 4.03. The third-order valence-corrected chi connectivity index (χ3v) is 4.18. The molecule has 0 heterocycles. The van der Waals surface area contributed by atoms with Crippen LogP contribution in [0.3, 0.4) is 0 Å². The third kappa shape index (κ3) is 7.81. The van der Waals surface area contributed by atoms with Crippen LogP contribution < -0.4 is 0 Å². The van der Waals surface area contributed by atoms with Gasteiger partial charge in [0, 0.05) is 23.6 Å². The molecule has 1 aromatic carbocycles. The van der Waals surface area contributed by atoms with Gasteiger partial charge in [-0.25, -0.2) is 0 Å². The van der Waals surface area contributed by atoms with E-state index in [1.165, 1.54) is 11.1 Å². The molecule has 0 saturated heterocycles. The highest BCUT2D eigenvalue weighted by atomic mass is 35.5. The maximum absolute atomic E-state index is 6.12. The van der Waals surface area contributed by atoms with Crippen LogP contribution >= 0.6 is 23.2 Å². The van der Waals surface area contributed by atoms with Gasteiger partial charge < -0.3 is 0 Å². The lowest BCUT2D eigenvalue weighted by Crippen LogP contribution is -2.36. The van der Waals surface area contributed by atoms with Crippen LogP contribution in [0.4, 0.5) is 0 Å². The number of rotatable bonds is 9. The van der Waals surface area contributed by atoms with Gasteiger partial charge in [0.1, 0.15) is 0 Å². The van der Waals surface area contributed by atoms with Crippen molar-refractivity contribution < 1.29 is 0 Å². The lowest BCUT2D eigenvalue weighted by molar-refractivity contribution is 0.179. The first kappa shape index (κ1) is 22.0. The van der Waals surface area contributed by atoms with Gasteiger partial charge in [-0.05, 0) is 42.0 Å².